The number of rotatable bonds is 4. The predicted octanol–water partition coefficient (Wildman–Crippen LogP) is 4.08. The summed E-state index contributed by atoms with van der Waals surface area (Å²) in [5.41, 5.74) is 5.46. The summed E-state index contributed by atoms with van der Waals surface area (Å²) in [6, 6.07) is 6.95. The molecule has 1 aromatic heterocycles. The second-order valence-corrected chi connectivity index (χ2v) is 6.06. The van der Waals surface area contributed by atoms with Crippen LogP contribution in [0.4, 0.5) is 0 Å². The van der Waals surface area contributed by atoms with Crippen LogP contribution in [0.25, 0.3) is 0 Å². The molecule has 2 nitrogen and oxygen atoms in total. The maximum atomic E-state index is 5.71. The summed E-state index contributed by atoms with van der Waals surface area (Å²) in [6.45, 7) is 6.17. The number of thiophene rings is 1. The first-order valence-electron chi connectivity index (χ1n) is 7.31. The summed E-state index contributed by atoms with van der Waals surface area (Å²) in [7, 11) is 0. The van der Waals surface area contributed by atoms with E-state index in [1.165, 1.54) is 22.3 Å². The van der Waals surface area contributed by atoms with Crippen LogP contribution >= 0.6 is 11.3 Å². The van der Waals surface area contributed by atoms with E-state index in [1.807, 2.05) is 0 Å². The molecule has 0 spiro atoms. The molecule has 1 aliphatic rings. The van der Waals surface area contributed by atoms with Crippen LogP contribution in [0.5, 0.6) is 5.75 Å². The molecule has 0 amide bonds. The van der Waals surface area contributed by atoms with Gasteiger partial charge in [-0.25, -0.2) is 0 Å². The van der Waals surface area contributed by atoms with E-state index in [4.69, 9.17) is 4.74 Å². The van der Waals surface area contributed by atoms with E-state index in [0.717, 1.165) is 31.7 Å². The SMILES string of the molecule is CCNC(c1ccc2c(c1)CCCO2)c1cscc1C. The lowest BCUT2D eigenvalue weighted by Crippen LogP contribution is -2.22. The van der Waals surface area contributed by atoms with Gasteiger partial charge in [0.1, 0.15) is 5.75 Å². The topological polar surface area (TPSA) is 21.3 Å². The zero-order valence-electron chi connectivity index (χ0n) is 12.1. The van der Waals surface area contributed by atoms with Crippen molar-refractivity contribution in [3.05, 3.63) is 51.2 Å². The summed E-state index contributed by atoms with van der Waals surface area (Å²) >= 11 is 1.78. The van der Waals surface area contributed by atoms with E-state index in [-0.39, 0.29) is 0 Å². The van der Waals surface area contributed by atoms with Crippen molar-refractivity contribution in [1.82, 2.24) is 5.32 Å². The highest BCUT2D eigenvalue weighted by Gasteiger charge is 2.18. The maximum absolute atomic E-state index is 5.71. The highest BCUT2D eigenvalue weighted by Crippen LogP contribution is 2.32. The van der Waals surface area contributed by atoms with Crippen LogP contribution in [0, 0.1) is 6.92 Å². The van der Waals surface area contributed by atoms with Gasteiger partial charge in [-0.2, -0.15) is 11.3 Å². The van der Waals surface area contributed by atoms with Crippen LogP contribution in [0.2, 0.25) is 0 Å². The number of hydrogen-bond acceptors (Lipinski definition) is 3. The first-order valence-corrected chi connectivity index (χ1v) is 8.25. The molecule has 3 rings (SSSR count). The van der Waals surface area contributed by atoms with Crippen molar-refractivity contribution in [2.45, 2.75) is 32.7 Å². The normalized spacial score (nSPS) is 15.5. The van der Waals surface area contributed by atoms with Crippen LogP contribution in [0.1, 0.15) is 41.6 Å². The zero-order chi connectivity index (χ0) is 13.9. The Hall–Kier alpha value is -1.32. The Kier molecular flexibility index (Phi) is 4.08. The van der Waals surface area contributed by atoms with Crippen molar-refractivity contribution in [1.29, 1.82) is 0 Å². The summed E-state index contributed by atoms with van der Waals surface area (Å²) < 4.78 is 5.71. The lowest BCUT2D eigenvalue weighted by Gasteiger charge is -2.22. The Morgan fingerprint density at radius 1 is 1.35 bits per heavy atom. The molecule has 1 unspecified atom stereocenters. The molecular formula is C17H21NOS. The average Bonchev–Trinajstić information content (AvgIpc) is 2.90. The van der Waals surface area contributed by atoms with Crippen molar-refractivity contribution in [2.75, 3.05) is 13.2 Å². The number of hydrogen-bond donors (Lipinski definition) is 1. The third-order valence-electron chi connectivity index (χ3n) is 3.88. The molecule has 20 heavy (non-hydrogen) atoms. The van der Waals surface area contributed by atoms with Gasteiger partial charge in [-0.05, 0) is 65.4 Å². The van der Waals surface area contributed by atoms with Gasteiger partial charge in [0.2, 0.25) is 0 Å². The standard InChI is InChI=1S/C17H21NOS/c1-3-18-17(15-11-20-10-12(15)2)14-6-7-16-13(9-14)5-4-8-19-16/h6-7,9-11,17-18H,3-5,8H2,1-2H3. The van der Waals surface area contributed by atoms with Crippen molar-refractivity contribution < 1.29 is 4.74 Å². The van der Waals surface area contributed by atoms with Gasteiger partial charge in [-0.3, -0.25) is 0 Å². The van der Waals surface area contributed by atoms with Crippen LogP contribution in [-0.2, 0) is 6.42 Å². The maximum Gasteiger partial charge on any atom is 0.122 e. The van der Waals surface area contributed by atoms with Gasteiger partial charge < -0.3 is 10.1 Å². The second kappa shape index (κ2) is 5.98. The fourth-order valence-electron chi connectivity index (χ4n) is 2.84. The third-order valence-corrected chi connectivity index (χ3v) is 4.76. The minimum Gasteiger partial charge on any atom is -0.493 e. The first kappa shape index (κ1) is 13.7. The van der Waals surface area contributed by atoms with Crippen molar-refractivity contribution in [3.63, 3.8) is 0 Å². The molecule has 0 saturated carbocycles. The smallest absolute Gasteiger partial charge is 0.122 e. The molecule has 1 N–H and O–H groups in total. The summed E-state index contributed by atoms with van der Waals surface area (Å²) in [5, 5.41) is 8.10. The number of benzene rings is 1. The van der Waals surface area contributed by atoms with E-state index >= 15 is 0 Å². The Morgan fingerprint density at radius 2 is 2.25 bits per heavy atom. The molecule has 2 heterocycles. The molecule has 1 atom stereocenters. The monoisotopic (exact) mass is 287 g/mol. The molecule has 0 aliphatic carbocycles. The van der Waals surface area contributed by atoms with Gasteiger partial charge in [0, 0.05) is 0 Å². The number of nitrogens with one attached hydrogen (secondary N) is 1. The largest absolute Gasteiger partial charge is 0.493 e. The lowest BCUT2D eigenvalue weighted by molar-refractivity contribution is 0.288. The van der Waals surface area contributed by atoms with E-state index in [2.05, 4.69) is 48.1 Å². The molecule has 3 heteroatoms. The van der Waals surface area contributed by atoms with Crippen LogP contribution in [-0.4, -0.2) is 13.2 Å². The quantitative estimate of drug-likeness (QED) is 0.915. The van der Waals surface area contributed by atoms with E-state index in [0.29, 0.717) is 6.04 Å². The lowest BCUT2D eigenvalue weighted by atomic mass is 9.94. The fourth-order valence-corrected chi connectivity index (χ4v) is 3.71. The van der Waals surface area contributed by atoms with Crippen molar-refractivity contribution >= 4 is 11.3 Å². The predicted molar refractivity (Wildman–Crippen MR) is 84.8 cm³/mol. The zero-order valence-corrected chi connectivity index (χ0v) is 12.9. The van der Waals surface area contributed by atoms with Crippen LogP contribution in [0.3, 0.4) is 0 Å². The van der Waals surface area contributed by atoms with Crippen LogP contribution in [0.15, 0.2) is 29.0 Å². The number of ether oxygens (including phenoxy) is 1. The summed E-state index contributed by atoms with van der Waals surface area (Å²) in [5.74, 6) is 1.07. The molecular weight excluding hydrogens is 266 g/mol. The van der Waals surface area contributed by atoms with Gasteiger partial charge in [-0.1, -0.05) is 19.1 Å². The molecule has 0 bridgehead atoms. The summed E-state index contributed by atoms with van der Waals surface area (Å²) in [4.78, 5) is 0. The first-order chi connectivity index (χ1) is 9.79. The minimum absolute atomic E-state index is 0.290. The Bertz CT molecular complexity index is 590. The fraction of sp³-hybridized carbons (Fsp3) is 0.412. The summed E-state index contributed by atoms with van der Waals surface area (Å²) in [6.07, 6.45) is 2.25. The molecule has 1 aliphatic heterocycles. The Labute approximate surface area is 124 Å². The Morgan fingerprint density at radius 3 is 3.00 bits per heavy atom. The van der Waals surface area contributed by atoms with Gasteiger partial charge in [-0.15, -0.1) is 0 Å². The Balaban J connectivity index is 1.97. The van der Waals surface area contributed by atoms with Crippen LogP contribution < -0.4 is 10.1 Å². The third kappa shape index (κ3) is 2.60. The van der Waals surface area contributed by atoms with Gasteiger partial charge in [0.05, 0.1) is 12.6 Å². The average molecular weight is 287 g/mol. The van der Waals surface area contributed by atoms with Gasteiger partial charge >= 0.3 is 0 Å². The molecule has 0 fully saturated rings. The van der Waals surface area contributed by atoms with Gasteiger partial charge in [0.25, 0.3) is 0 Å². The second-order valence-electron chi connectivity index (χ2n) is 5.32. The molecule has 1 aromatic carbocycles. The van der Waals surface area contributed by atoms with Crippen molar-refractivity contribution in [2.24, 2.45) is 0 Å². The highest BCUT2D eigenvalue weighted by molar-refractivity contribution is 7.08. The molecule has 2 aromatic rings. The van der Waals surface area contributed by atoms with E-state index in [1.54, 1.807) is 11.3 Å². The molecule has 106 valence electrons. The number of fused-ring (bicyclic) bond motifs is 1. The molecule has 0 radical (unpaired) electrons. The highest BCUT2D eigenvalue weighted by atomic mass is 32.1. The van der Waals surface area contributed by atoms with Crippen molar-refractivity contribution in [3.8, 4) is 5.75 Å². The van der Waals surface area contributed by atoms with E-state index < -0.39 is 0 Å². The molecule has 0 saturated heterocycles. The number of aryl methyl sites for hydroxylation is 2. The van der Waals surface area contributed by atoms with E-state index in [9.17, 15) is 0 Å². The minimum atomic E-state index is 0.290. The van der Waals surface area contributed by atoms with Gasteiger partial charge in [0.15, 0.2) is 0 Å².